The number of piperidine rings is 1. The lowest BCUT2D eigenvalue weighted by Gasteiger charge is -2.36. The molecule has 0 aliphatic carbocycles. The molecular weight excluding hydrogens is 349 g/mol. The highest BCUT2D eigenvalue weighted by molar-refractivity contribution is 7.98. The van der Waals surface area contributed by atoms with E-state index in [0.717, 1.165) is 42.9 Å². The van der Waals surface area contributed by atoms with Gasteiger partial charge in [0.2, 0.25) is 5.91 Å². The third kappa shape index (κ3) is 5.83. The molecule has 1 heterocycles. The number of carbonyl (C=O) groups excluding carboxylic acids is 1. The second-order valence-corrected chi connectivity index (χ2v) is 7.10. The van der Waals surface area contributed by atoms with Crippen molar-refractivity contribution in [1.29, 1.82) is 0 Å². The van der Waals surface area contributed by atoms with Gasteiger partial charge < -0.3 is 16.0 Å². The molecule has 1 aromatic rings. The summed E-state index contributed by atoms with van der Waals surface area (Å²) in [5.41, 5.74) is 7.89. The molecule has 1 aliphatic heterocycles. The number of nitrogens with two attached hydrogens (primary N) is 1. The first-order chi connectivity index (χ1) is 11.0. The molecule has 0 saturated carbocycles. The number of hydrogen-bond acceptors (Lipinski definition) is 4. The van der Waals surface area contributed by atoms with Crippen molar-refractivity contribution in [3.63, 3.8) is 0 Å². The molecule has 1 saturated heterocycles. The van der Waals surface area contributed by atoms with Gasteiger partial charge in [-0.3, -0.25) is 4.79 Å². The van der Waals surface area contributed by atoms with Crippen LogP contribution in [-0.4, -0.2) is 43.1 Å². The molecule has 0 bridgehead atoms. The van der Waals surface area contributed by atoms with Crippen molar-refractivity contribution in [1.82, 2.24) is 5.32 Å². The average Bonchev–Trinajstić information content (AvgIpc) is 2.52. The highest BCUT2D eigenvalue weighted by atomic mass is 35.5. The molecular formula is C17H27ClFN3OS. The molecule has 24 heavy (non-hydrogen) atoms. The Morgan fingerprint density at radius 1 is 1.54 bits per heavy atom. The fourth-order valence-corrected chi connectivity index (χ4v) is 3.46. The van der Waals surface area contributed by atoms with Crippen LogP contribution in [0.1, 0.15) is 24.8 Å². The summed E-state index contributed by atoms with van der Waals surface area (Å²) >= 11 is 1.69. The number of nitrogens with zero attached hydrogens (tertiary/aromatic N) is 1. The molecule has 136 valence electrons. The van der Waals surface area contributed by atoms with E-state index in [1.54, 1.807) is 17.8 Å². The van der Waals surface area contributed by atoms with Crippen LogP contribution >= 0.6 is 24.2 Å². The molecule has 1 unspecified atom stereocenters. The number of nitrogens with one attached hydrogen (secondary N) is 1. The first-order valence-electron chi connectivity index (χ1n) is 8.07. The molecule has 3 N–H and O–H groups in total. The van der Waals surface area contributed by atoms with Gasteiger partial charge in [0.25, 0.3) is 0 Å². The Morgan fingerprint density at radius 3 is 2.96 bits per heavy atom. The van der Waals surface area contributed by atoms with E-state index in [1.165, 1.54) is 6.07 Å². The summed E-state index contributed by atoms with van der Waals surface area (Å²) in [6.07, 6.45) is 4.66. The van der Waals surface area contributed by atoms with Crippen molar-refractivity contribution in [2.45, 2.75) is 38.3 Å². The summed E-state index contributed by atoms with van der Waals surface area (Å²) in [4.78, 5) is 14.4. The Hall–Kier alpha value is -0.980. The van der Waals surface area contributed by atoms with E-state index >= 15 is 0 Å². The van der Waals surface area contributed by atoms with E-state index in [-0.39, 0.29) is 30.2 Å². The van der Waals surface area contributed by atoms with Crippen molar-refractivity contribution in [2.24, 2.45) is 5.73 Å². The molecule has 0 spiro atoms. The number of aryl methyl sites for hydroxylation is 1. The lowest BCUT2D eigenvalue weighted by Crippen LogP contribution is -2.52. The van der Waals surface area contributed by atoms with Crippen molar-refractivity contribution in [3.8, 4) is 0 Å². The Labute approximate surface area is 154 Å². The number of carbonyl (C=O) groups is 1. The van der Waals surface area contributed by atoms with Crippen molar-refractivity contribution in [3.05, 3.63) is 29.6 Å². The molecule has 2 rings (SSSR count). The van der Waals surface area contributed by atoms with E-state index in [1.807, 2.05) is 19.2 Å². The van der Waals surface area contributed by atoms with Crippen LogP contribution in [0.5, 0.6) is 0 Å². The van der Waals surface area contributed by atoms with Crippen LogP contribution in [-0.2, 0) is 4.79 Å². The molecule has 0 aromatic heterocycles. The van der Waals surface area contributed by atoms with Crippen LogP contribution in [0.4, 0.5) is 10.1 Å². The minimum Gasteiger partial charge on any atom is -0.369 e. The van der Waals surface area contributed by atoms with E-state index in [0.29, 0.717) is 6.42 Å². The van der Waals surface area contributed by atoms with Gasteiger partial charge in [0.15, 0.2) is 0 Å². The molecule has 2 atom stereocenters. The second-order valence-electron chi connectivity index (χ2n) is 6.11. The van der Waals surface area contributed by atoms with E-state index in [2.05, 4.69) is 10.2 Å². The monoisotopic (exact) mass is 375 g/mol. The lowest BCUT2D eigenvalue weighted by atomic mass is 10.0. The fourth-order valence-electron chi connectivity index (χ4n) is 2.97. The lowest BCUT2D eigenvalue weighted by molar-refractivity contribution is -0.123. The van der Waals surface area contributed by atoms with E-state index < -0.39 is 6.04 Å². The molecule has 1 amide bonds. The third-order valence-electron chi connectivity index (χ3n) is 4.24. The first-order valence-corrected chi connectivity index (χ1v) is 9.46. The Balaban J connectivity index is 0.00000288. The SMILES string of the molecule is CSCC[C@H](N)C(=O)NC1CCCN(c2ccc(F)cc2C)C1.Cl. The van der Waals surface area contributed by atoms with Gasteiger partial charge >= 0.3 is 0 Å². The summed E-state index contributed by atoms with van der Waals surface area (Å²) in [5.74, 6) is 0.606. The standard InChI is InChI=1S/C17H26FN3OS.ClH/c1-12-10-13(18)5-6-16(12)21-8-3-4-14(11-21)20-17(22)15(19)7-9-23-2;/h5-6,10,14-15H,3-4,7-9,11,19H2,1-2H3,(H,20,22);1H/t14?,15-;/m0./s1. The summed E-state index contributed by atoms with van der Waals surface area (Å²) in [6, 6.07) is 4.52. The summed E-state index contributed by atoms with van der Waals surface area (Å²) in [6.45, 7) is 3.59. The number of benzene rings is 1. The van der Waals surface area contributed by atoms with Gasteiger partial charge in [-0.15, -0.1) is 12.4 Å². The number of rotatable bonds is 6. The number of thioether (sulfide) groups is 1. The van der Waals surface area contributed by atoms with Crippen LogP contribution < -0.4 is 16.0 Å². The number of amides is 1. The molecule has 1 aliphatic rings. The van der Waals surface area contributed by atoms with Crippen LogP contribution in [0.2, 0.25) is 0 Å². The molecule has 1 aromatic carbocycles. The zero-order chi connectivity index (χ0) is 16.8. The highest BCUT2D eigenvalue weighted by Crippen LogP contribution is 2.24. The molecule has 4 nitrogen and oxygen atoms in total. The summed E-state index contributed by atoms with van der Waals surface area (Å²) in [7, 11) is 0. The van der Waals surface area contributed by atoms with Gasteiger partial charge in [-0.05, 0) is 62.0 Å². The van der Waals surface area contributed by atoms with Gasteiger partial charge in [0, 0.05) is 24.8 Å². The average molecular weight is 376 g/mol. The van der Waals surface area contributed by atoms with E-state index in [4.69, 9.17) is 5.73 Å². The number of anilines is 1. The highest BCUT2D eigenvalue weighted by Gasteiger charge is 2.24. The van der Waals surface area contributed by atoms with Crippen molar-refractivity contribution < 1.29 is 9.18 Å². The predicted molar refractivity (Wildman–Crippen MR) is 103 cm³/mol. The van der Waals surface area contributed by atoms with E-state index in [9.17, 15) is 9.18 Å². The molecule has 0 radical (unpaired) electrons. The number of hydrogen-bond donors (Lipinski definition) is 2. The predicted octanol–water partition coefficient (Wildman–Crippen LogP) is 2.72. The van der Waals surface area contributed by atoms with Crippen LogP contribution in [0.25, 0.3) is 0 Å². The van der Waals surface area contributed by atoms with Gasteiger partial charge in [-0.1, -0.05) is 0 Å². The third-order valence-corrected chi connectivity index (χ3v) is 4.88. The normalized spacial score (nSPS) is 18.7. The summed E-state index contributed by atoms with van der Waals surface area (Å²) < 4.78 is 13.3. The van der Waals surface area contributed by atoms with Crippen molar-refractivity contribution >= 4 is 35.8 Å². The zero-order valence-electron chi connectivity index (χ0n) is 14.3. The van der Waals surface area contributed by atoms with Crippen LogP contribution in [0, 0.1) is 12.7 Å². The van der Waals surface area contributed by atoms with Crippen LogP contribution in [0.15, 0.2) is 18.2 Å². The van der Waals surface area contributed by atoms with Crippen molar-refractivity contribution in [2.75, 3.05) is 30.0 Å². The largest absolute Gasteiger partial charge is 0.369 e. The maximum absolute atomic E-state index is 13.3. The second kappa shape index (κ2) is 10.1. The summed E-state index contributed by atoms with van der Waals surface area (Å²) in [5, 5.41) is 3.07. The topological polar surface area (TPSA) is 58.4 Å². The van der Waals surface area contributed by atoms with Gasteiger partial charge in [0.05, 0.1) is 6.04 Å². The van der Waals surface area contributed by atoms with Crippen LogP contribution in [0.3, 0.4) is 0 Å². The Kier molecular flexibility index (Phi) is 8.87. The Morgan fingerprint density at radius 2 is 2.29 bits per heavy atom. The smallest absolute Gasteiger partial charge is 0.237 e. The number of halogens is 2. The maximum atomic E-state index is 13.3. The minimum atomic E-state index is -0.439. The fraction of sp³-hybridized carbons (Fsp3) is 0.588. The zero-order valence-corrected chi connectivity index (χ0v) is 15.9. The minimum absolute atomic E-state index is 0. The first kappa shape index (κ1) is 21.1. The molecule has 1 fully saturated rings. The maximum Gasteiger partial charge on any atom is 0.237 e. The molecule has 7 heteroatoms. The van der Waals surface area contributed by atoms with Gasteiger partial charge in [0.1, 0.15) is 5.82 Å². The van der Waals surface area contributed by atoms with Gasteiger partial charge in [-0.25, -0.2) is 4.39 Å². The van der Waals surface area contributed by atoms with Gasteiger partial charge in [-0.2, -0.15) is 11.8 Å². The quantitative estimate of drug-likeness (QED) is 0.802. The Bertz CT molecular complexity index is 547.